The molecular formula is C13H11N2O+. The molecule has 78 valence electrons. The molecule has 1 aromatic carbocycles. The third-order valence-electron chi connectivity index (χ3n) is 2.64. The lowest BCUT2D eigenvalue weighted by molar-refractivity contribution is -0.484. The van der Waals surface area contributed by atoms with Gasteiger partial charge in [-0.3, -0.25) is 0 Å². The van der Waals surface area contributed by atoms with Crippen molar-refractivity contribution in [2.75, 3.05) is 7.11 Å². The Labute approximate surface area is 92.9 Å². The van der Waals surface area contributed by atoms with Gasteiger partial charge in [-0.15, -0.1) is 0 Å². The molecule has 0 aliphatic heterocycles. The summed E-state index contributed by atoms with van der Waals surface area (Å²) in [6.45, 7) is 0. The van der Waals surface area contributed by atoms with Gasteiger partial charge in [0, 0.05) is 6.07 Å². The minimum atomic E-state index is 0.668. The average molecular weight is 211 g/mol. The summed E-state index contributed by atoms with van der Waals surface area (Å²) in [6, 6.07) is 14.0. The Morgan fingerprint density at radius 2 is 1.88 bits per heavy atom. The highest BCUT2D eigenvalue weighted by Gasteiger charge is 2.15. The van der Waals surface area contributed by atoms with Crippen molar-refractivity contribution in [2.45, 2.75) is 0 Å². The van der Waals surface area contributed by atoms with E-state index in [1.54, 1.807) is 7.11 Å². The van der Waals surface area contributed by atoms with Crippen LogP contribution in [-0.2, 0) is 0 Å². The lowest BCUT2D eigenvalue weighted by Crippen LogP contribution is -2.23. The normalized spacial score (nSPS) is 10.8. The number of benzene rings is 1. The van der Waals surface area contributed by atoms with E-state index in [1.165, 1.54) is 0 Å². The van der Waals surface area contributed by atoms with Crippen LogP contribution in [0.3, 0.4) is 0 Å². The molecule has 0 aliphatic rings. The molecule has 0 radical (unpaired) electrons. The second-order valence-electron chi connectivity index (χ2n) is 3.57. The Balaban J connectivity index is 2.57. The summed E-state index contributed by atoms with van der Waals surface area (Å²) in [6.07, 6.45) is 2.00. The number of hydrogen-bond donors (Lipinski definition) is 0. The first kappa shape index (κ1) is 9.09. The molecule has 0 saturated carbocycles. The van der Waals surface area contributed by atoms with Gasteiger partial charge >= 0.3 is 11.5 Å². The van der Waals surface area contributed by atoms with E-state index in [0.29, 0.717) is 5.88 Å². The molecule has 0 fully saturated rings. The number of para-hydroxylation sites is 1. The standard InChI is InChI=1S/C13H11N2O/c1-16-13-10-6-2-3-7-11(10)15-9-5-4-8-12(15)14-13/h2-9H,1H3/q+1. The summed E-state index contributed by atoms with van der Waals surface area (Å²) in [7, 11) is 1.65. The Morgan fingerprint density at radius 3 is 2.75 bits per heavy atom. The maximum atomic E-state index is 5.31. The fraction of sp³-hybridized carbons (Fsp3) is 0.0769. The number of pyridine rings is 1. The second kappa shape index (κ2) is 3.45. The third-order valence-corrected chi connectivity index (χ3v) is 2.64. The molecule has 0 N–H and O–H groups in total. The van der Waals surface area contributed by atoms with Crippen LogP contribution in [0.2, 0.25) is 0 Å². The molecule has 2 heterocycles. The van der Waals surface area contributed by atoms with E-state index in [9.17, 15) is 0 Å². The van der Waals surface area contributed by atoms with Crippen molar-refractivity contribution in [1.29, 1.82) is 0 Å². The van der Waals surface area contributed by atoms with E-state index in [-0.39, 0.29) is 0 Å². The minimum Gasteiger partial charge on any atom is -0.462 e. The predicted molar refractivity (Wildman–Crippen MR) is 61.5 cm³/mol. The van der Waals surface area contributed by atoms with Crippen molar-refractivity contribution in [1.82, 2.24) is 4.98 Å². The zero-order chi connectivity index (χ0) is 11.0. The van der Waals surface area contributed by atoms with Gasteiger partial charge in [0.25, 0.3) is 0 Å². The SMILES string of the molecule is COc1nc2cccc[n+]2c2ccccc12. The van der Waals surface area contributed by atoms with Gasteiger partial charge in [0.15, 0.2) is 0 Å². The topological polar surface area (TPSA) is 26.2 Å². The second-order valence-corrected chi connectivity index (χ2v) is 3.57. The largest absolute Gasteiger partial charge is 0.462 e. The van der Waals surface area contributed by atoms with Gasteiger partial charge in [-0.25, -0.2) is 0 Å². The summed E-state index contributed by atoms with van der Waals surface area (Å²) >= 11 is 0. The van der Waals surface area contributed by atoms with Crippen LogP contribution >= 0.6 is 0 Å². The molecule has 0 spiro atoms. The summed E-state index contributed by atoms with van der Waals surface area (Å²) in [5, 5.41) is 1.02. The summed E-state index contributed by atoms with van der Waals surface area (Å²) < 4.78 is 7.36. The van der Waals surface area contributed by atoms with Crippen LogP contribution in [0.25, 0.3) is 16.6 Å². The van der Waals surface area contributed by atoms with E-state index in [0.717, 1.165) is 16.6 Å². The molecule has 2 aromatic heterocycles. The fourth-order valence-electron chi connectivity index (χ4n) is 1.91. The van der Waals surface area contributed by atoms with Crippen molar-refractivity contribution in [3.8, 4) is 5.88 Å². The predicted octanol–water partition coefficient (Wildman–Crippen LogP) is 1.98. The molecule has 0 amide bonds. The van der Waals surface area contributed by atoms with Crippen LogP contribution < -0.4 is 9.14 Å². The Morgan fingerprint density at radius 1 is 1.06 bits per heavy atom. The van der Waals surface area contributed by atoms with Crippen LogP contribution in [0.5, 0.6) is 5.88 Å². The van der Waals surface area contributed by atoms with E-state index in [4.69, 9.17) is 4.74 Å². The lowest BCUT2D eigenvalue weighted by Gasteiger charge is -2.00. The molecule has 0 bridgehead atoms. The van der Waals surface area contributed by atoms with Gasteiger partial charge in [-0.1, -0.05) is 18.2 Å². The first-order valence-corrected chi connectivity index (χ1v) is 5.13. The molecule has 16 heavy (non-hydrogen) atoms. The van der Waals surface area contributed by atoms with Gasteiger partial charge in [-0.05, 0) is 23.2 Å². The molecule has 0 aliphatic carbocycles. The number of rotatable bonds is 1. The van der Waals surface area contributed by atoms with E-state index >= 15 is 0 Å². The summed E-state index contributed by atoms with van der Waals surface area (Å²) in [5.41, 5.74) is 1.99. The quantitative estimate of drug-likeness (QED) is 0.454. The number of hydrogen-bond acceptors (Lipinski definition) is 2. The average Bonchev–Trinajstić information content (AvgIpc) is 2.38. The number of ether oxygens (including phenoxy) is 1. The van der Waals surface area contributed by atoms with Crippen LogP contribution in [0.1, 0.15) is 0 Å². The Kier molecular flexibility index (Phi) is 1.96. The van der Waals surface area contributed by atoms with Crippen LogP contribution in [-0.4, -0.2) is 12.1 Å². The van der Waals surface area contributed by atoms with Crippen LogP contribution in [0.15, 0.2) is 48.7 Å². The van der Waals surface area contributed by atoms with E-state index in [1.807, 2.05) is 42.6 Å². The van der Waals surface area contributed by atoms with Crippen molar-refractivity contribution in [2.24, 2.45) is 0 Å². The summed E-state index contributed by atoms with van der Waals surface area (Å²) in [5.74, 6) is 0.668. The Bertz CT molecular complexity index is 664. The van der Waals surface area contributed by atoms with Gasteiger partial charge in [0.05, 0.1) is 13.3 Å². The maximum absolute atomic E-state index is 5.31. The van der Waals surface area contributed by atoms with Gasteiger partial charge in [0.1, 0.15) is 10.9 Å². The number of fused-ring (bicyclic) bond motifs is 3. The number of methoxy groups -OCH3 is 1. The van der Waals surface area contributed by atoms with Gasteiger partial charge < -0.3 is 4.74 Å². The highest BCUT2D eigenvalue weighted by atomic mass is 16.5. The fourth-order valence-corrected chi connectivity index (χ4v) is 1.91. The van der Waals surface area contributed by atoms with Crippen molar-refractivity contribution in [3.05, 3.63) is 48.7 Å². The molecule has 0 atom stereocenters. The van der Waals surface area contributed by atoms with Crippen molar-refractivity contribution >= 4 is 16.6 Å². The number of aromatic nitrogens is 2. The molecular weight excluding hydrogens is 200 g/mol. The Hall–Kier alpha value is -2.16. The van der Waals surface area contributed by atoms with Gasteiger partial charge in [0.2, 0.25) is 0 Å². The highest BCUT2D eigenvalue weighted by Crippen LogP contribution is 2.20. The molecule has 3 aromatic rings. The molecule has 3 heteroatoms. The van der Waals surface area contributed by atoms with Crippen LogP contribution in [0, 0.1) is 0 Å². The van der Waals surface area contributed by atoms with Crippen molar-refractivity contribution < 1.29 is 9.14 Å². The van der Waals surface area contributed by atoms with Crippen molar-refractivity contribution in [3.63, 3.8) is 0 Å². The van der Waals surface area contributed by atoms with E-state index < -0.39 is 0 Å². The monoisotopic (exact) mass is 211 g/mol. The minimum absolute atomic E-state index is 0.668. The molecule has 0 saturated heterocycles. The maximum Gasteiger partial charge on any atom is 0.339 e. The first-order chi connectivity index (χ1) is 7.90. The van der Waals surface area contributed by atoms with Crippen LogP contribution in [0.4, 0.5) is 0 Å². The highest BCUT2D eigenvalue weighted by molar-refractivity contribution is 5.81. The molecule has 3 nitrogen and oxygen atoms in total. The van der Waals surface area contributed by atoms with E-state index in [2.05, 4.69) is 15.5 Å². The molecule has 3 rings (SSSR count). The van der Waals surface area contributed by atoms with Gasteiger partial charge in [-0.2, -0.15) is 4.40 Å². The zero-order valence-corrected chi connectivity index (χ0v) is 8.92. The summed E-state index contributed by atoms with van der Waals surface area (Å²) in [4.78, 5) is 4.46. The molecule has 0 unspecified atom stereocenters. The number of nitrogens with zero attached hydrogens (tertiary/aromatic N) is 2. The lowest BCUT2D eigenvalue weighted by atomic mass is 10.2. The first-order valence-electron chi connectivity index (χ1n) is 5.13. The third kappa shape index (κ3) is 1.21. The smallest absolute Gasteiger partial charge is 0.339 e. The zero-order valence-electron chi connectivity index (χ0n) is 8.92.